The van der Waals surface area contributed by atoms with Gasteiger partial charge in [-0.3, -0.25) is 19.2 Å². The van der Waals surface area contributed by atoms with Crippen molar-refractivity contribution in [3.8, 4) is 0 Å². The zero-order chi connectivity index (χ0) is 24.6. The number of rotatable bonds is 2. The Bertz CT molecular complexity index is 1090. The van der Waals surface area contributed by atoms with Crippen molar-refractivity contribution in [2.45, 2.75) is 12.1 Å². The lowest BCUT2D eigenvalue weighted by atomic mass is 10.1. The predicted octanol–water partition coefficient (Wildman–Crippen LogP) is -1.69. The molecule has 2 atom stereocenters. The number of amides is 4. The molecule has 3 aromatic rings. The van der Waals surface area contributed by atoms with E-state index in [1.165, 1.54) is 43.2 Å². The van der Waals surface area contributed by atoms with Gasteiger partial charge in [0.1, 0.15) is 11.4 Å². The van der Waals surface area contributed by atoms with Crippen LogP contribution in [0.5, 0.6) is 0 Å². The lowest BCUT2D eigenvalue weighted by Crippen LogP contribution is -2.45. The van der Waals surface area contributed by atoms with Crippen LogP contribution in [-0.2, 0) is 9.59 Å². The summed E-state index contributed by atoms with van der Waals surface area (Å²) in [4.78, 5) is 69.0. The highest BCUT2D eigenvalue weighted by atomic mass is 16.2. The van der Waals surface area contributed by atoms with Crippen LogP contribution in [0.4, 0.5) is 0 Å². The van der Waals surface area contributed by atoms with E-state index >= 15 is 0 Å². The number of carbonyl (C=O) groups excluding carboxylic acids is 4. The Morgan fingerprint density at radius 1 is 0.686 bits per heavy atom. The maximum atomic E-state index is 12.9. The smallest absolute Gasteiger partial charge is 0.270 e. The van der Waals surface area contributed by atoms with Gasteiger partial charge in [-0.1, -0.05) is 6.07 Å². The summed E-state index contributed by atoms with van der Waals surface area (Å²) < 4.78 is 0. The number of carbonyl (C=O) groups is 4. The van der Waals surface area contributed by atoms with Crippen molar-refractivity contribution in [1.29, 1.82) is 0 Å². The van der Waals surface area contributed by atoms with E-state index in [0.717, 1.165) is 0 Å². The second-order valence-corrected chi connectivity index (χ2v) is 7.57. The molecule has 35 heavy (non-hydrogen) atoms. The molecule has 0 unspecified atom stereocenters. The van der Waals surface area contributed by atoms with Crippen LogP contribution in [0.2, 0.25) is 0 Å². The van der Waals surface area contributed by atoms with Crippen LogP contribution in [0.15, 0.2) is 43.2 Å². The van der Waals surface area contributed by atoms with Crippen LogP contribution in [0.1, 0.15) is 44.4 Å². The van der Waals surface area contributed by atoms with Crippen LogP contribution in [-0.4, -0.2) is 74.7 Å². The second kappa shape index (κ2) is 11.0. The van der Waals surface area contributed by atoms with E-state index in [1.54, 1.807) is 0 Å². The van der Waals surface area contributed by atoms with Gasteiger partial charge in [0, 0.05) is 26.2 Å². The average Bonchev–Trinajstić information content (AvgIpc) is 3.59. The number of fused-ring (bicyclic) bond motifs is 2. The molecule has 4 amide bonds. The first-order valence-corrected chi connectivity index (χ1v) is 10.8. The van der Waals surface area contributed by atoms with Gasteiger partial charge in [0.15, 0.2) is 12.1 Å². The summed E-state index contributed by atoms with van der Waals surface area (Å²) in [5.74, 6) is -2.24. The molecule has 14 nitrogen and oxygen atoms in total. The molecule has 0 spiro atoms. The van der Waals surface area contributed by atoms with E-state index in [-0.39, 0.29) is 24.5 Å². The topological polar surface area (TPSA) is 199 Å². The maximum absolute atomic E-state index is 12.9. The molecule has 0 radical (unpaired) electrons. The minimum absolute atomic E-state index is 0.0831. The standard InChI is InChI=1S/C21H24N10O4/c32-18-12-2-1-3-13(29-12)19(33)31-17(15-9-24-11-28-15)21(35)26-7-5-22-4-6-25-20(34)16(30-18)14-8-23-10-27-14/h1-3,8-11,16-17,22H,4-7H2,(H,23,27)(H,24,28)(H,25,34)(H,26,35)(H,30,32)(H,31,33)/t16-,17-/m0/s1. The molecule has 182 valence electrons. The fourth-order valence-corrected chi connectivity index (χ4v) is 3.39. The zero-order valence-electron chi connectivity index (χ0n) is 18.5. The highest BCUT2D eigenvalue weighted by Gasteiger charge is 2.27. The van der Waals surface area contributed by atoms with Gasteiger partial charge < -0.3 is 36.6 Å². The summed E-state index contributed by atoms with van der Waals surface area (Å²) >= 11 is 0. The largest absolute Gasteiger partial charge is 0.353 e. The molecule has 14 heteroatoms. The monoisotopic (exact) mass is 480 g/mol. The summed E-state index contributed by atoms with van der Waals surface area (Å²) in [5.41, 5.74) is 0.607. The number of hydrogen-bond acceptors (Lipinski definition) is 8. The summed E-state index contributed by atoms with van der Waals surface area (Å²) in [5, 5.41) is 13.8. The molecule has 1 aliphatic heterocycles. The third-order valence-corrected chi connectivity index (χ3v) is 5.15. The SMILES string of the molecule is O=C1N[C@@H](c2cnc[nH]2)C(=O)NCCNCCNC(=O)[C@H](c2cnc[nH]2)NC(=O)c2cccc1n2. The average molecular weight is 480 g/mol. The third-order valence-electron chi connectivity index (χ3n) is 5.15. The van der Waals surface area contributed by atoms with E-state index in [4.69, 9.17) is 0 Å². The zero-order valence-corrected chi connectivity index (χ0v) is 18.5. The third kappa shape index (κ3) is 5.86. The molecular formula is C21H24N10O4. The molecule has 1 aliphatic rings. The Morgan fingerprint density at radius 3 is 1.60 bits per heavy atom. The van der Waals surface area contributed by atoms with Crippen molar-refractivity contribution >= 4 is 23.6 Å². The van der Waals surface area contributed by atoms with Crippen molar-refractivity contribution in [2.75, 3.05) is 26.2 Å². The highest BCUT2D eigenvalue weighted by Crippen LogP contribution is 2.13. The van der Waals surface area contributed by atoms with E-state index in [9.17, 15) is 19.2 Å². The lowest BCUT2D eigenvalue weighted by Gasteiger charge is -2.19. The van der Waals surface area contributed by atoms with Crippen molar-refractivity contribution < 1.29 is 19.2 Å². The van der Waals surface area contributed by atoms with E-state index in [2.05, 4.69) is 51.5 Å². The molecule has 0 aromatic carbocycles. The molecule has 3 aromatic heterocycles. The number of nitrogens with one attached hydrogen (secondary N) is 7. The molecule has 0 aliphatic carbocycles. The van der Waals surface area contributed by atoms with Gasteiger partial charge in [-0.25, -0.2) is 15.0 Å². The number of aromatic nitrogens is 5. The molecule has 0 saturated carbocycles. The molecule has 4 rings (SSSR count). The highest BCUT2D eigenvalue weighted by molar-refractivity contribution is 5.99. The number of H-pyrrole nitrogens is 2. The first kappa shape index (κ1) is 23.6. The van der Waals surface area contributed by atoms with E-state index in [1.807, 2.05) is 0 Å². The minimum Gasteiger partial charge on any atom is -0.353 e. The molecule has 7 N–H and O–H groups in total. The Kier molecular flexibility index (Phi) is 7.42. The van der Waals surface area contributed by atoms with Crippen LogP contribution < -0.4 is 26.6 Å². The van der Waals surface area contributed by atoms with Gasteiger partial charge >= 0.3 is 0 Å². The Labute approximate surface area is 199 Å². The number of hydrogen-bond donors (Lipinski definition) is 7. The van der Waals surface area contributed by atoms with Crippen LogP contribution >= 0.6 is 0 Å². The van der Waals surface area contributed by atoms with Crippen molar-refractivity contribution in [2.24, 2.45) is 0 Å². The van der Waals surface area contributed by atoms with Gasteiger partial charge in [0.05, 0.1) is 36.4 Å². The number of nitrogens with zero attached hydrogens (tertiary/aromatic N) is 3. The van der Waals surface area contributed by atoms with Crippen LogP contribution in [0.3, 0.4) is 0 Å². The van der Waals surface area contributed by atoms with E-state index < -0.39 is 35.7 Å². The fraction of sp³-hybridized carbons (Fsp3) is 0.286. The minimum atomic E-state index is -1.05. The number of imidazole rings is 2. The molecule has 2 bridgehead atoms. The summed E-state index contributed by atoms with van der Waals surface area (Å²) in [6.07, 6.45) is 5.67. The van der Waals surface area contributed by atoms with Crippen LogP contribution in [0.25, 0.3) is 0 Å². The fourth-order valence-electron chi connectivity index (χ4n) is 3.39. The van der Waals surface area contributed by atoms with Crippen molar-refractivity contribution in [3.05, 3.63) is 66.0 Å². The van der Waals surface area contributed by atoms with Crippen molar-refractivity contribution in [1.82, 2.24) is 51.5 Å². The summed E-state index contributed by atoms with van der Waals surface area (Å²) in [6.45, 7) is 1.42. The Morgan fingerprint density at radius 2 is 1.17 bits per heavy atom. The molecular weight excluding hydrogens is 456 g/mol. The predicted molar refractivity (Wildman–Crippen MR) is 121 cm³/mol. The van der Waals surface area contributed by atoms with Gasteiger partial charge in [-0.15, -0.1) is 0 Å². The Balaban J connectivity index is 1.61. The van der Waals surface area contributed by atoms with Crippen LogP contribution in [0, 0.1) is 0 Å². The van der Waals surface area contributed by atoms with Gasteiger partial charge in [-0.05, 0) is 12.1 Å². The summed E-state index contributed by atoms with van der Waals surface area (Å²) in [7, 11) is 0. The number of aromatic amines is 2. The van der Waals surface area contributed by atoms with Gasteiger partial charge in [0.25, 0.3) is 11.8 Å². The first-order valence-electron chi connectivity index (χ1n) is 10.8. The maximum Gasteiger partial charge on any atom is 0.270 e. The Hall–Kier alpha value is -4.59. The van der Waals surface area contributed by atoms with E-state index in [0.29, 0.717) is 24.5 Å². The first-order chi connectivity index (χ1) is 17.0. The normalized spacial score (nSPS) is 20.6. The second-order valence-electron chi connectivity index (χ2n) is 7.57. The molecule has 0 fully saturated rings. The van der Waals surface area contributed by atoms with Crippen molar-refractivity contribution in [3.63, 3.8) is 0 Å². The lowest BCUT2D eigenvalue weighted by molar-refractivity contribution is -0.123. The van der Waals surface area contributed by atoms with Gasteiger partial charge in [-0.2, -0.15) is 0 Å². The quantitative estimate of drug-likeness (QED) is 0.225. The number of pyridine rings is 1. The summed E-state index contributed by atoms with van der Waals surface area (Å²) in [6, 6.07) is 2.21. The van der Waals surface area contributed by atoms with Gasteiger partial charge in [0.2, 0.25) is 11.8 Å². The molecule has 4 heterocycles. The molecule has 0 saturated heterocycles.